The van der Waals surface area contributed by atoms with Gasteiger partial charge in [0.05, 0.1) is 24.2 Å². The number of carbonyl (C=O) groups is 3. The van der Waals surface area contributed by atoms with Gasteiger partial charge in [0.1, 0.15) is 17.0 Å². The largest absolute Gasteiger partial charge is 0.495 e. The van der Waals surface area contributed by atoms with Crippen LogP contribution < -0.4 is 20.7 Å². The summed E-state index contributed by atoms with van der Waals surface area (Å²) in [5.41, 5.74) is 1.71. The number of anilines is 3. The topological polar surface area (TPSA) is 122 Å². The van der Waals surface area contributed by atoms with Gasteiger partial charge in [-0.2, -0.15) is 0 Å². The summed E-state index contributed by atoms with van der Waals surface area (Å²) in [6, 6.07) is 17.2. The van der Waals surface area contributed by atoms with Gasteiger partial charge >= 0.3 is 12.1 Å². The quantitative estimate of drug-likeness (QED) is 0.219. The zero-order chi connectivity index (χ0) is 29.8. The Morgan fingerprint density at radius 2 is 1.51 bits per heavy atom. The maximum Gasteiger partial charge on any atom is 0.412 e. The zero-order valence-corrected chi connectivity index (χ0v) is 24.3. The van der Waals surface area contributed by atoms with E-state index >= 15 is 0 Å². The van der Waals surface area contributed by atoms with E-state index < -0.39 is 17.6 Å². The number of aromatic nitrogens is 1. The van der Waals surface area contributed by atoms with E-state index in [1.807, 2.05) is 12.1 Å². The summed E-state index contributed by atoms with van der Waals surface area (Å²) < 4.78 is 10.7. The van der Waals surface area contributed by atoms with Crippen LogP contribution >= 0.6 is 0 Å². The Bertz CT molecular complexity index is 1320. The highest BCUT2D eigenvalue weighted by Crippen LogP contribution is 2.24. The first kappa shape index (κ1) is 30.9. The molecule has 3 N–H and O–H groups in total. The van der Waals surface area contributed by atoms with Crippen LogP contribution in [0, 0.1) is 0 Å². The molecule has 1 aromatic heterocycles. The lowest BCUT2D eigenvalue weighted by molar-refractivity contribution is 0.0635. The normalized spacial score (nSPS) is 10.9. The van der Waals surface area contributed by atoms with Gasteiger partial charge in [0.15, 0.2) is 0 Å². The number of unbranched alkanes of at least 4 members (excludes halogenated alkanes) is 2. The van der Waals surface area contributed by atoms with Crippen molar-refractivity contribution < 1.29 is 23.9 Å². The predicted octanol–water partition coefficient (Wildman–Crippen LogP) is 6.91. The lowest BCUT2D eigenvalue weighted by Crippen LogP contribution is -2.35. The van der Waals surface area contributed by atoms with Crippen LogP contribution in [-0.2, 0) is 11.3 Å². The number of nitrogens with one attached hydrogen (secondary N) is 3. The number of benzene rings is 2. The Hall–Kier alpha value is -4.60. The summed E-state index contributed by atoms with van der Waals surface area (Å²) >= 11 is 0. The summed E-state index contributed by atoms with van der Waals surface area (Å²) in [7, 11) is 1.56. The summed E-state index contributed by atoms with van der Waals surface area (Å²) in [6.07, 6.45) is 3.85. The van der Waals surface area contributed by atoms with Crippen LogP contribution in [0.4, 0.5) is 26.7 Å². The van der Waals surface area contributed by atoms with Gasteiger partial charge in [-0.05, 0) is 63.1 Å². The molecule has 218 valence electrons. The molecule has 0 aliphatic rings. The first-order valence-electron chi connectivity index (χ1n) is 13.6. The highest BCUT2D eigenvalue weighted by Gasteiger charge is 2.19. The minimum Gasteiger partial charge on any atom is -0.495 e. The molecule has 0 aliphatic carbocycles. The molecule has 2 aromatic carbocycles. The summed E-state index contributed by atoms with van der Waals surface area (Å²) in [5.74, 6) is 0.137. The van der Waals surface area contributed by atoms with E-state index in [1.54, 1.807) is 87.5 Å². The van der Waals surface area contributed by atoms with Gasteiger partial charge in [0, 0.05) is 19.3 Å². The van der Waals surface area contributed by atoms with E-state index in [2.05, 4.69) is 27.9 Å². The van der Waals surface area contributed by atoms with E-state index in [4.69, 9.17) is 9.47 Å². The van der Waals surface area contributed by atoms with Crippen LogP contribution in [-0.4, -0.2) is 47.2 Å². The van der Waals surface area contributed by atoms with Crippen molar-refractivity contribution in [2.45, 2.75) is 59.1 Å². The molecule has 3 rings (SSSR count). The van der Waals surface area contributed by atoms with Gasteiger partial charge in [-0.3, -0.25) is 15.1 Å². The molecule has 4 amide bonds. The number of para-hydroxylation sites is 4. The Morgan fingerprint density at radius 3 is 2.12 bits per heavy atom. The molecule has 0 bridgehead atoms. The molecule has 3 aromatic rings. The lowest BCUT2D eigenvalue weighted by atomic mass is 10.2. The molecule has 0 saturated carbocycles. The third-order valence-corrected chi connectivity index (χ3v) is 5.91. The molecule has 10 heteroatoms. The molecule has 0 fully saturated rings. The number of pyridine rings is 1. The van der Waals surface area contributed by atoms with Gasteiger partial charge in [-0.25, -0.2) is 9.59 Å². The molecule has 0 spiro atoms. The second-order valence-corrected chi connectivity index (χ2v) is 10.4. The Kier molecular flexibility index (Phi) is 11.1. The van der Waals surface area contributed by atoms with Crippen LogP contribution in [0.25, 0.3) is 0 Å². The molecular formula is C31H39N5O5. The summed E-state index contributed by atoms with van der Waals surface area (Å²) in [4.78, 5) is 44.4. The summed E-state index contributed by atoms with van der Waals surface area (Å²) in [5, 5.41) is 8.39. The molecule has 0 atom stereocenters. The van der Waals surface area contributed by atoms with Crippen LogP contribution in [0.3, 0.4) is 0 Å². The molecule has 0 radical (unpaired) electrons. The first-order valence-corrected chi connectivity index (χ1v) is 13.6. The van der Waals surface area contributed by atoms with Crippen molar-refractivity contribution >= 4 is 35.1 Å². The first-order chi connectivity index (χ1) is 19.6. The second kappa shape index (κ2) is 14.7. The standard InChI is InChI=1S/C31H39N5O5/c1-6-7-12-19-36(29(38)34-25-15-10-11-16-27(25)40-5)21-22-17-18-26(32-20-22)28(37)33-23-13-8-9-14-24(23)35-30(39)41-31(2,3)4/h8-11,13-18,20H,6-7,12,19,21H2,1-5H3,(H,33,37)(H,34,38)(H,35,39). The molecule has 0 unspecified atom stereocenters. The lowest BCUT2D eigenvalue weighted by Gasteiger charge is -2.24. The Balaban J connectivity index is 1.68. The average molecular weight is 562 g/mol. The molecular weight excluding hydrogens is 522 g/mol. The van der Waals surface area contributed by atoms with E-state index in [9.17, 15) is 14.4 Å². The fourth-order valence-corrected chi connectivity index (χ4v) is 3.92. The van der Waals surface area contributed by atoms with Crippen molar-refractivity contribution in [2.75, 3.05) is 29.6 Å². The molecule has 10 nitrogen and oxygen atoms in total. The van der Waals surface area contributed by atoms with Crippen molar-refractivity contribution in [2.24, 2.45) is 0 Å². The zero-order valence-electron chi connectivity index (χ0n) is 24.3. The highest BCUT2D eigenvalue weighted by atomic mass is 16.6. The predicted molar refractivity (Wildman–Crippen MR) is 160 cm³/mol. The van der Waals surface area contributed by atoms with Crippen LogP contribution in [0.5, 0.6) is 5.75 Å². The highest BCUT2D eigenvalue weighted by molar-refractivity contribution is 6.05. The van der Waals surface area contributed by atoms with Gasteiger partial charge < -0.3 is 25.0 Å². The van der Waals surface area contributed by atoms with E-state index in [0.717, 1.165) is 24.8 Å². The number of hydrogen-bond donors (Lipinski definition) is 3. The van der Waals surface area contributed by atoms with Crippen molar-refractivity contribution in [1.29, 1.82) is 0 Å². The number of hydrogen-bond acceptors (Lipinski definition) is 6. The number of amides is 4. The van der Waals surface area contributed by atoms with Crippen molar-refractivity contribution in [3.63, 3.8) is 0 Å². The number of methoxy groups -OCH3 is 1. The fourth-order valence-electron chi connectivity index (χ4n) is 3.92. The summed E-state index contributed by atoms with van der Waals surface area (Å²) in [6.45, 7) is 8.31. The minimum atomic E-state index is -0.658. The van der Waals surface area contributed by atoms with Crippen LogP contribution in [0.15, 0.2) is 66.9 Å². The number of nitrogens with zero attached hydrogens (tertiary/aromatic N) is 2. The smallest absolute Gasteiger partial charge is 0.412 e. The molecule has 41 heavy (non-hydrogen) atoms. The third-order valence-electron chi connectivity index (χ3n) is 5.91. The molecule has 0 saturated heterocycles. The molecule has 1 heterocycles. The SMILES string of the molecule is CCCCCN(Cc1ccc(C(=O)Nc2ccccc2NC(=O)OC(C)(C)C)nc1)C(=O)Nc1ccccc1OC. The monoisotopic (exact) mass is 561 g/mol. The third kappa shape index (κ3) is 9.82. The van der Waals surface area contributed by atoms with Gasteiger partial charge in [-0.1, -0.05) is 50.1 Å². The van der Waals surface area contributed by atoms with Gasteiger partial charge in [0.25, 0.3) is 5.91 Å². The van der Waals surface area contributed by atoms with E-state index in [1.165, 1.54) is 0 Å². The van der Waals surface area contributed by atoms with Crippen molar-refractivity contribution in [1.82, 2.24) is 9.88 Å². The number of rotatable bonds is 11. The van der Waals surface area contributed by atoms with Crippen molar-refractivity contribution in [3.05, 3.63) is 78.1 Å². The van der Waals surface area contributed by atoms with Crippen LogP contribution in [0.2, 0.25) is 0 Å². The average Bonchev–Trinajstić information content (AvgIpc) is 2.93. The maximum absolute atomic E-state index is 13.2. The number of urea groups is 1. The van der Waals surface area contributed by atoms with Gasteiger partial charge in [-0.15, -0.1) is 0 Å². The molecule has 0 aliphatic heterocycles. The number of carbonyl (C=O) groups excluding carboxylic acids is 3. The number of ether oxygens (including phenoxy) is 2. The minimum absolute atomic E-state index is 0.192. The Labute approximate surface area is 241 Å². The van der Waals surface area contributed by atoms with E-state index in [0.29, 0.717) is 35.9 Å². The van der Waals surface area contributed by atoms with Crippen LogP contribution in [0.1, 0.15) is 63.0 Å². The maximum atomic E-state index is 13.2. The van der Waals surface area contributed by atoms with Gasteiger partial charge in [0.2, 0.25) is 0 Å². The van der Waals surface area contributed by atoms with Crippen molar-refractivity contribution in [3.8, 4) is 5.75 Å². The Morgan fingerprint density at radius 1 is 0.854 bits per heavy atom. The second-order valence-electron chi connectivity index (χ2n) is 10.4. The van der Waals surface area contributed by atoms with E-state index in [-0.39, 0.29) is 11.7 Å². The fraction of sp³-hybridized carbons (Fsp3) is 0.355.